The molecule has 0 fully saturated rings. The van der Waals surface area contributed by atoms with Crippen molar-refractivity contribution in [2.45, 2.75) is 25.5 Å². The van der Waals surface area contributed by atoms with Crippen LogP contribution >= 0.6 is 15.9 Å². The van der Waals surface area contributed by atoms with Crippen molar-refractivity contribution in [2.24, 2.45) is 0 Å². The summed E-state index contributed by atoms with van der Waals surface area (Å²) in [5.74, 6) is 1.36. The maximum absolute atomic E-state index is 10.5. The zero-order valence-corrected chi connectivity index (χ0v) is 15.8. The summed E-state index contributed by atoms with van der Waals surface area (Å²) in [6.07, 6.45) is 0.234. The van der Waals surface area contributed by atoms with Gasteiger partial charge < -0.3 is 19.9 Å². The van der Waals surface area contributed by atoms with Gasteiger partial charge in [-0.2, -0.15) is 0 Å². The highest BCUT2D eigenvalue weighted by Crippen LogP contribution is 2.29. The van der Waals surface area contributed by atoms with Crippen molar-refractivity contribution in [3.05, 3.63) is 58.1 Å². The molecule has 0 aliphatic carbocycles. The molecule has 0 aromatic heterocycles. The molecule has 4 nitrogen and oxygen atoms in total. The fourth-order valence-corrected chi connectivity index (χ4v) is 2.83. The lowest BCUT2D eigenvalue weighted by Crippen LogP contribution is -2.32. The van der Waals surface area contributed by atoms with E-state index >= 15 is 0 Å². The van der Waals surface area contributed by atoms with Crippen molar-refractivity contribution in [3.8, 4) is 11.5 Å². The van der Waals surface area contributed by atoms with Gasteiger partial charge in [0.05, 0.1) is 20.3 Å². The quantitative estimate of drug-likeness (QED) is 0.717. The third kappa shape index (κ3) is 5.23. The smallest absolute Gasteiger partial charge is 0.124 e. The van der Waals surface area contributed by atoms with Gasteiger partial charge in [-0.05, 0) is 49.2 Å². The topological polar surface area (TPSA) is 50.7 Å². The molecule has 0 spiro atoms. The minimum absolute atomic E-state index is 0.248. The normalized spacial score (nSPS) is 13.4. The predicted molar refractivity (Wildman–Crippen MR) is 99.8 cm³/mol. The minimum atomic E-state index is -0.664. The molecule has 130 valence electrons. The van der Waals surface area contributed by atoms with Crippen LogP contribution in [-0.4, -0.2) is 31.9 Å². The fraction of sp³-hybridized carbons (Fsp3) is 0.368. The first kappa shape index (κ1) is 18.8. The lowest BCUT2D eigenvalue weighted by atomic mass is 10.1. The molecule has 0 heterocycles. The Morgan fingerprint density at radius 2 is 1.79 bits per heavy atom. The van der Waals surface area contributed by atoms with Crippen molar-refractivity contribution < 1.29 is 14.6 Å². The zero-order valence-electron chi connectivity index (χ0n) is 14.3. The van der Waals surface area contributed by atoms with Crippen LogP contribution in [0.3, 0.4) is 0 Å². The van der Waals surface area contributed by atoms with Gasteiger partial charge in [0.25, 0.3) is 0 Å². The van der Waals surface area contributed by atoms with E-state index in [2.05, 4.69) is 40.3 Å². The van der Waals surface area contributed by atoms with Crippen molar-refractivity contribution in [1.29, 1.82) is 0 Å². The minimum Gasteiger partial charge on any atom is -0.497 e. The molecule has 2 unspecified atom stereocenters. The molecule has 2 rings (SSSR count). The van der Waals surface area contributed by atoms with Gasteiger partial charge in [-0.15, -0.1) is 0 Å². The number of nitrogens with one attached hydrogen (secondary N) is 1. The second-order valence-electron chi connectivity index (χ2n) is 5.76. The van der Waals surface area contributed by atoms with E-state index < -0.39 is 6.10 Å². The molecule has 0 amide bonds. The molecule has 2 aromatic rings. The first-order valence-electron chi connectivity index (χ1n) is 7.91. The van der Waals surface area contributed by atoms with Crippen LogP contribution in [0.25, 0.3) is 0 Å². The molecule has 5 heteroatoms. The Bertz CT molecular complexity index is 646. The monoisotopic (exact) mass is 393 g/mol. The summed E-state index contributed by atoms with van der Waals surface area (Å²) in [5, 5.41) is 13.9. The van der Waals surface area contributed by atoms with E-state index in [-0.39, 0.29) is 6.04 Å². The van der Waals surface area contributed by atoms with Gasteiger partial charge >= 0.3 is 0 Å². The largest absolute Gasteiger partial charge is 0.497 e. The highest BCUT2D eigenvalue weighted by Gasteiger charge is 2.15. The Morgan fingerprint density at radius 1 is 1.08 bits per heavy atom. The summed E-state index contributed by atoms with van der Waals surface area (Å²) in [6, 6.07) is 14.0. The molecule has 2 atom stereocenters. The third-order valence-corrected chi connectivity index (χ3v) is 4.44. The summed E-state index contributed by atoms with van der Waals surface area (Å²) in [6.45, 7) is 2.55. The maximum Gasteiger partial charge on any atom is 0.124 e. The Morgan fingerprint density at radius 3 is 2.42 bits per heavy atom. The highest BCUT2D eigenvalue weighted by atomic mass is 79.9. The number of ether oxygens (including phenoxy) is 2. The van der Waals surface area contributed by atoms with Crippen LogP contribution in [0.2, 0.25) is 0 Å². The lowest BCUT2D eigenvalue weighted by molar-refractivity contribution is 0.166. The number of aliphatic hydroxyl groups is 1. The van der Waals surface area contributed by atoms with Gasteiger partial charge in [-0.3, -0.25) is 0 Å². The predicted octanol–water partition coefficient (Wildman–Crippen LogP) is 3.72. The molecule has 24 heavy (non-hydrogen) atoms. The number of rotatable bonds is 8. The molecule has 0 saturated carbocycles. The molecular weight excluding hydrogens is 370 g/mol. The van der Waals surface area contributed by atoms with Gasteiger partial charge in [-0.25, -0.2) is 0 Å². The summed E-state index contributed by atoms with van der Waals surface area (Å²) >= 11 is 3.44. The van der Waals surface area contributed by atoms with Crippen molar-refractivity contribution in [1.82, 2.24) is 5.32 Å². The fourth-order valence-electron chi connectivity index (χ4n) is 2.57. The van der Waals surface area contributed by atoms with Crippen LogP contribution in [-0.2, 0) is 6.42 Å². The van der Waals surface area contributed by atoms with E-state index in [1.165, 1.54) is 5.56 Å². The van der Waals surface area contributed by atoms with E-state index in [9.17, 15) is 5.11 Å². The van der Waals surface area contributed by atoms with Crippen LogP contribution in [0.5, 0.6) is 11.5 Å². The van der Waals surface area contributed by atoms with E-state index in [1.54, 1.807) is 14.2 Å². The van der Waals surface area contributed by atoms with Crippen LogP contribution < -0.4 is 14.8 Å². The Balaban J connectivity index is 1.94. The van der Waals surface area contributed by atoms with E-state index in [4.69, 9.17) is 9.47 Å². The van der Waals surface area contributed by atoms with E-state index in [0.717, 1.165) is 16.5 Å². The summed E-state index contributed by atoms with van der Waals surface area (Å²) in [5.41, 5.74) is 1.98. The molecule has 0 aliphatic heterocycles. The zero-order chi connectivity index (χ0) is 17.5. The molecule has 2 N–H and O–H groups in total. The summed E-state index contributed by atoms with van der Waals surface area (Å²) in [7, 11) is 3.21. The number of halogens is 1. The first-order chi connectivity index (χ1) is 11.5. The van der Waals surface area contributed by atoms with Crippen molar-refractivity contribution in [2.75, 3.05) is 20.8 Å². The van der Waals surface area contributed by atoms with Crippen LogP contribution in [0.1, 0.15) is 24.2 Å². The molecular formula is C19H24BrNO3. The number of hydrogen-bond donors (Lipinski definition) is 2. The van der Waals surface area contributed by atoms with E-state index in [1.807, 2.05) is 30.3 Å². The van der Waals surface area contributed by atoms with Gasteiger partial charge in [0.1, 0.15) is 11.5 Å². The van der Waals surface area contributed by atoms with Crippen LogP contribution in [0.15, 0.2) is 46.9 Å². The molecule has 0 radical (unpaired) electrons. The average molecular weight is 394 g/mol. The van der Waals surface area contributed by atoms with Gasteiger partial charge in [0.2, 0.25) is 0 Å². The Hall–Kier alpha value is -1.56. The second-order valence-corrected chi connectivity index (χ2v) is 6.68. The average Bonchev–Trinajstić information content (AvgIpc) is 2.61. The van der Waals surface area contributed by atoms with E-state index in [0.29, 0.717) is 18.0 Å². The molecule has 2 aromatic carbocycles. The van der Waals surface area contributed by atoms with Crippen molar-refractivity contribution >= 4 is 15.9 Å². The summed E-state index contributed by atoms with van der Waals surface area (Å²) in [4.78, 5) is 0. The molecule has 0 bridgehead atoms. The summed E-state index contributed by atoms with van der Waals surface area (Å²) < 4.78 is 11.6. The van der Waals surface area contributed by atoms with Gasteiger partial charge in [0.15, 0.2) is 0 Å². The lowest BCUT2D eigenvalue weighted by Gasteiger charge is -2.19. The first-order valence-corrected chi connectivity index (χ1v) is 8.70. The standard InChI is InChI=1S/C19H24BrNO3/c1-13(10-14-4-6-15(20)7-5-14)21-12-18(22)17-11-16(23-2)8-9-19(17)24-3/h4-9,11,13,18,21-22H,10,12H2,1-3H3. The highest BCUT2D eigenvalue weighted by molar-refractivity contribution is 9.10. The number of aliphatic hydroxyl groups excluding tert-OH is 1. The SMILES string of the molecule is COc1ccc(OC)c(C(O)CNC(C)Cc2ccc(Br)cc2)c1. The maximum atomic E-state index is 10.5. The number of benzene rings is 2. The third-order valence-electron chi connectivity index (χ3n) is 3.91. The molecule has 0 aliphatic rings. The van der Waals surface area contributed by atoms with Crippen molar-refractivity contribution in [3.63, 3.8) is 0 Å². The number of hydrogen-bond acceptors (Lipinski definition) is 4. The molecule has 0 saturated heterocycles. The second kappa shape index (κ2) is 9.06. The Kier molecular flexibility index (Phi) is 7.09. The number of methoxy groups -OCH3 is 2. The van der Waals surface area contributed by atoms with Crippen LogP contribution in [0, 0.1) is 0 Å². The van der Waals surface area contributed by atoms with Gasteiger partial charge in [-0.1, -0.05) is 28.1 Å². The van der Waals surface area contributed by atoms with Gasteiger partial charge in [0, 0.05) is 22.6 Å². The van der Waals surface area contributed by atoms with Crippen LogP contribution in [0.4, 0.5) is 0 Å². The Labute approximate surface area is 151 Å².